The van der Waals surface area contributed by atoms with Crippen LogP contribution in [0.2, 0.25) is 5.28 Å². The first-order valence-corrected chi connectivity index (χ1v) is 8.40. The monoisotopic (exact) mass is 377 g/mol. The zero-order valence-electron chi connectivity index (χ0n) is 14.9. The van der Waals surface area contributed by atoms with Gasteiger partial charge in [0, 0.05) is 12.6 Å². The molecule has 26 heavy (non-hydrogen) atoms. The Balaban J connectivity index is 1.93. The van der Waals surface area contributed by atoms with Gasteiger partial charge in [0.2, 0.25) is 11.0 Å². The molecule has 2 aromatic heterocycles. The molecule has 0 spiro atoms. The van der Waals surface area contributed by atoms with Crippen molar-refractivity contribution in [1.29, 1.82) is 0 Å². The Hall–Kier alpha value is -2.74. The average Bonchev–Trinajstić information content (AvgIpc) is 3.04. The Bertz CT molecular complexity index is 917. The minimum atomic E-state index is -0.0399. The van der Waals surface area contributed by atoms with Crippen molar-refractivity contribution < 1.29 is 14.6 Å². The molecule has 2 heterocycles. The van der Waals surface area contributed by atoms with E-state index in [0.29, 0.717) is 35.0 Å². The molecule has 0 aliphatic carbocycles. The first-order valence-electron chi connectivity index (χ1n) is 8.02. The number of benzene rings is 1. The van der Waals surface area contributed by atoms with Crippen LogP contribution >= 0.6 is 11.6 Å². The highest BCUT2D eigenvalue weighted by atomic mass is 35.5. The van der Waals surface area contributed by atoms with Crippen molar-refractivity contribution in [2.75, 3.05) is 19.5 Å². The van der Waals surface area contributed by atoms with E-state index in [4.69, 9.17) is 21.1 Å². The molecule has 3 aromatic rings. The molecule has 0 radical (unpaired) electrons. The number of nitrogens with one attached hydrogen (secondary N) is 1. The summed E-state index contributed by atoms with van der Waals surface area (Å²) in [6, 6.07) is 3.64. The summed E-state index contributed by atoms with van der Waals surface area (Å²) in [7, 11) is 2.97. The highest BCUT2D eigenvalue weighted by molar-refractivity contribution is 6.28. The number of ether oxygens (including phenoxy) is 2. The molecular weight excluding hydrogens is 358 g/mol. The summed E-state index contributed by atoms with van der Waals surface area (Å²) in [4.78, 5) is 12.9. The van der Waals surface area contributed by atoms with Gasteiger partial charge in [0.1, 0.15) is 0 Å². The number of hydrogen-bond donors (Lipinski definition) is 2. The van der Waals surface area contributed by atoms with Gasteiger partial charge in [-0.2, -0.15) is 9.97 Å². The maximum absolute atomic E-state index is 10.0. The lowest BCUT2D eigenvalue weighted by Gasteiger charge is -2.12. The molecule has 0 unspecified atom stereocenters. The number of phenolic OH excluding ortho intramolecular Hbond substituents is 1. The van der Waals surface area contributed by atoms with Crippen LogP contribution < -0.4 is 14.8 Å². The fourth-order valence-corrected chi connectivity index (χ4v) is 2.79. The van der Waals surface area contributed by atoms with Crippen molar-refractivity contribution in [1.82, 2.24) is 19.5 Å². The predicted octanol–water partition coefficient (Wildman–Crippen LogP) is 3.40. The first-order chi connectivity index (χ1) is 12.4. The second-order valence-electron chi connectivity index (χ2n) is 5.96. The van der Waals surface area contributed by atoms with Gasteiger partial charge in [-0.05, 0) is 43.1 Å². The quantitative estimate of drug-likeness (QED) is 0.636. The summed E-state index contributed by atoms with van der Waals surface area (Å²) in [6.07, 6.45) is 1.72. The molecule has 0 amide bonds. The maximum atomic E-state index is 10.0. The molecular formula is C17H20ClN5O3. The van der Waals surface area contributed by atoms with Gasteiger partial charge in [-0.15, -0.1) is 0 Å². The van der Waals surface area contributed by atoms with Gasteiger partial charge >= 0.3 is 0 Å². The Morgan fingerprint density at radius 2 is 1.85 bits per heavy atom. The van der Waals surface area contributed by atoms with Gasteiger partial charge in [0.15, 0.2) is 28.5 Å². The first kappa shape index (κ1) is 18.1. The molecule has 0 aliphatic heterocycles. The number of phenols is 1. The normalized spacial score (nSPS) is 11.2. The molecule has 0 aliphatic rings. The van der Waals surface area contributed by atoms with E-state index < -0.39 is 0 Å². The fraction of sp³-hybridized carbons (Fsp3) is 0.353. The summed E-state index contributed by atoms with van der Waals surface area (Å²) in [5.41, 5.74) is 2.15. The third kappa shape index (κ3) is 3.32. The van der Waals surface area contributed by atoms with Gasteiger partial charge in [-0.25, -0.2) is 4.98 Å². The number of nitrogens with zero attached hydrogens (tertiary/aromatic N) is 4. The Morgan fingerprint density at radius 1 is 1.19 bits per heavy atom. The lowest BCUT2D eigenvalue weighted by Crippen LogP contribution is -2.05. The third-order valence-corrected chi connectivity index (χ3v) is 4.12. The van der Waals surface area contributed by atoms with Crippen molar-refractivity contribution in [2.24, 2.45) is 0 Å². The number of fused-ring (bicyclic) bond motifs is 1. The molecule has 0 bridgehead atoms. The number of hydrogen-bond acceptors (Lipinski definition) is 7. The number of halogens is 1. The summed E-state index contributed by atoms with van der Waals surface area (Å²) in [5.74, 6) is 1.15. The van der Waals surface area contributed by atoms with Crippen molar-refractivity contribution in [2.45, 2.75) is 26.4 Å². The van der Waals surface area contributed by atoms with Gasteiger partial charge in [0.05, 0.1) is 20.5 Å². The standard InChI is InChI=1S/C17H20ClN5O3/c1-9(2)23-8-20-13-15(21-17(18)22-16(13)23)19-7-10-5-11(25-3)14(24)12(6-10)26-4/h5-6,8-9,24H,7H2,1-4H3,(H,19,21,22). The molecule has 0 fully saturated rings. The smallest absolute Gasteiger partial charge is 0.226 e. The number of imidazole rings is 1. The summed E-state index contributed by atoms with van der Waals surface area (Å²) >= 11 is 6.08. The van der Waals surface area contributed by atoms with Crippen LogP contribution in [0.4, 0.5) is 5.82 Å². The molecule has 3 rings (SSSR count). The van der Waals surface area contributed by atoms with E-state index in [-0.39, 0.29) is 17.1 Å². The maximum Gasteiger partial charge on any atom is 0.226 e. The second-order valence-corrected chi connectivity index (χ2v) is 6.30. The number of aromatic hydroxyl groups is 1. The SMILES string of the molecule is COc1cc(CNc2nc(Cl)nc3c2ncn3C(C)C)cc(OC)c1O. The Morgan fingerprint density at radius 3 is 2.42 bits per heavy atom. The van der Waals surface area contributed by atoms with Crippen LogP contribution in [0.25, 0.3) is 11.2 Å². The van der Waals surface area contributed by atoms with E-state index in [1.54, 1.807) is 18.5 Å². The van der Waals surface area contributed by atoms with E-state index in [1.165, 1.54) is 14.2 Å². The van der Waals surface area contributed by atoms with Gasteiger partial charge in [-0.3, -0.25) is 0 Å². The zero-order chi connectivity index (χ0) is 18.8. The van der Waals surface area contributed by atoms with E-state index >= 15 is 0 Å². The van der Waals surface area contributed by atoms with Crippen LogP contribution in [0.1, 0.15) is 25.5 Å². The zero-order valence-corrected chi connectivity index (χ0v) is 15.7. The number of rotatable bonds is 6. The van der Waals surface area contributed by atoms with Gasteiger partial charge < -0.3 is 24.5 Å². The molecule has 0 saturated heterocycles. The number of methoxy groups -OCH3 is 2. The van der Waals surface area contributed by atoms with E-state index in [2.05, 4.69) is 20.3 Å². The second kappa shape index (κ2) is 7.25. The number of aromatic nitrogens is 4. The highest BCUT2D eigenvalue weighted by Gasteiger charge is 2.15. The predicted molar refractivity (Wildman–Crippen MR) is 99.3 cm³/mol. The number of anilines is 1. The van der Waals surface area contributed by atoms with Crippen LogP contribution in [0.5, 0.6) is 17.2 Å². The minimum Gasteiger partial charge on any atom is -0.502 e. The molecule has 0 saturated carbocycles. The summed E-state index contributed by atoms with van der Waals surface area (Å²) in [6.45, 7) is 4.49. The van der Waals surface area contributed by atoms with Crippen LogP contribution in [-0.2, 0) is 6.54 Å². The fourth-order valence-electron chi connectivity index (χ4n) is 2.63. The van der Waals surface area contributed by atoms with Crippen LogP contribution in [-0.4, -0.2) is 38.8 Å². The van der Waals surface area contributed by atoms with Crippen LogP contribution in [0, 0.1) is 0 Å². The van der Waals surface area contributed by atoms with Crippen LogP contribution in [0.3, 0.4) is 0 Å². The molecule has 2 N–H and O–H groups in total. The van der Waals surface area contributed by atoms with E-state index in [1.807, 2.05) is 18.4 Å². The van der Waals surface area contributed by atoms with Crippen molar-refractivity contribution in [3.63, 3.8) is 0 Å². The van der Waals surface area contributed by atoms with Crippen molar-refractivity contribution in [3.05, 3.63) is 29.3 Å². The molecule has 9 heteroatoms. The van der Waals surface area contributed by atoms with Crippen LogP contribution in [0.15, 0.2) is 18.5 Å². The highest BCUT2D eigenvalue weighted by Crippen LogP contribution is 2.37. The van der Waals surface area contributed by atoms with Gasteiger partial charge in [-0.1, -0.05) is 0 Å². The van der Waals surface area contributed by atoms with Gasteiger partial charge in [0.25, 0.3) is 0 Å². The third-order valence-electron chi connectivity index (χ3n) is 3.95. The average molecular weight is 378 g/mol. The lowest BCUT2D eigenvalue weighted by atomic mass is 10.2. The Kier molecular flexibility index (Phi) is 5.03. The molecule has 1 aromatic carbocycles. The summed E-state index contributed by atoms with van der Waals surface area (Å²) in [5, 5.41) is 13.4. The largest absolute Gasteiger partial charge is 0.502 e. The minimum absolute atomic E-state index is 0.0399. The molecule has 138 valence electrons. The topological polar surface area (TPSA) is 94.3 Å². The summed E-state index contributed by atoms with van der Waals surface area (Å²) < 4.78 is 12.3. The molecule has 8 nitrogen and oxygen atoms in total. The lowest BCUT2D eigenvalue weighted by molar-refractivity contribution is 0.339. The van der Waals surface area contributed by atoms with E-state index in [0.717, 1.165) is 5.56 Å². The van der Waals surface area contributed by atoms with Crippen molar-refractivity contribution in [3.8, 4) is 17.2 Å². The van der Waals surface area contributed by atoms with Crippen molar-refractivity contribution >= 4 is 28.6 Å². The Labute approximate surface area is 155 Å². The van der Waals surface area contributed by atoms with E-state index in [9.17, 15) is 5.11 Å². The molecule has 0 atom stereocenters.